The van der Waals surface area contributed by atoms with Crippen LogP contribution in [0.2, 0.25) is 5.02 Å². The lowest BCUT2D eigenvalue weighted by atomic mass is 10.0. The van der Waals surface area contributed by atoms with Gasteiger partial charge in [-0.2, -0.15) is 5.26 Å². The molecule has 1 saturated heterocycles. The van der Waals surface area contributed by atoms with Crippen LogP contribution in [0.25, 0.3) is 0 Å². The van der Waals surface area contributed by atoms with Crippen LogP contribution in [-0.4, -0.2) is 19.5 Å². The molecule has 1 atom stereocenters. The van der Waals surface area contributed by atoms with Crippen LogP contribution in [0.15, 0.2) is 24.3 Å². The molecule has 1 aromatic rings. The zero-order valence-corrected chi connectivity index (χ0v) is 8.78. The summed E-state index contributed by atoms with van der Waals surface area (Å²) in [5, 5.41) is 9.72. The third-order valence-corrected chi connectivity index (χ3v) is 2.54. The van der Waals surface area contributed by atoms with E-state index in [2.05, 4.69) is 6.07 Å². The van der Waals surface area contributed by atoms with Crippen LogP contribution >= 0.6 is 11.6 Å². The second kappa shape index (κ2) is 4.63. The molecule has 0 saturated carbocycles. The number of hydrogen-bond donors (Lipinski definition) is 0. The summed E-state index contributed by atoms with van der Waals surface area (Å²) >= 11 is 5.77. The Morgan fingerprint density at radius 3 is 2.40 bits per heavy atom. The van der Waals surface area contributed by atoms with Gasteiger partial charge >= 0.3 is 0 Å². The summed E-state index contributed by atoms with van der Waals surface area (Å²) < 4.78 is 10.6. The summed E-state index contributed by atoms with van der Waals surface area (Å²) in [7, 11) is 0. The molecule has 1 aromatic carbocycles. The normalized spacial score (nSPS) is 18.7. The summed E-state index contributed by atoms with van der Waals surface area (Å²) in [6, 6.07) is 9.35. The Hall–Kier alpha value is -1.08. The topological polar surface area (TPSA) is 42.2 Å². The molecule has 0 radical (unpaired) electrons. The fraction of sp³-hybridized carbons (Fsp3) is 0.364. The number of nitriles is 1. The Kier molecular flexibility index (Phi) is 3.22. The zero-order valence-electron chi connectivity index (χ0n) is 8.02. The van der Waals surface area contributed by atoms with E-state index in [-0.39, 0.29) is 5.92 Å². The molecule has 4 heteroatoms. The van der Waals surface area contributed by atoms with Gasteiger partial charge in [0.2, 0.25) is 0 Å². The van der Waals surface area contributed by atoms with E-state index in [9.17, 15) is 0 Å². The Bertz CT molecular complexity index is 365. The minimum Gasteiger partial charge on any atom is -0.348 e. The van der Waals surface area contributed by atoms with Gasteiger partial charge in [-0.05, 0) is 17.7 Å². The quantitative estimate of drug-likeness (QED) is 0.773. The molecule has 1 fully saturated rings. The van der Waals surface area contributed by atoms with Crippen molar-refractivity contribution in [3.8, 4) is 6.07 Å². The summed E-state index contributed by atoms with van der Waals surface area (Å²) in [5.41, 5.74) is 0.869. The van der Waals surface area contributed by atoms with Gasteiger partial charge in [0.15, 0.2) is 6.29 Å². The lowest BCUT2D eigenvalue weighted by molar-refractivity contribution is -0.0493. The molecular weight excluding hydrogens is 214 g/mol. The van der Waals surface area contributed by atoms with E-state index in [1.54, 1.807) is 12.1 Å². The Morgan fingerprint density at radius 1 is 1.27 bits per heavy atom. The molecule has 0 spiro atoms. The standard InChI is InChI=1S/C11H10ClNO2/c12-9-3-1-8(2-4-9)10(7-13)11-14-5-6-15-11/h1-4,10-11H,5-6H2. The van der Waals surface area contributed by atoms with Crippen molar-refractivity contribution in [1.29, 1.82) is 5.26 Å². The summed E-state index contributed by atoms with van der Waals surface area (Å²) in [6.07, 6.45) is -0.448. The largest absolute Gasteiger partial charge is 0.348 e. The smallest absolute Gasteiger partial charge is 0.177 e. The van der Waals surface area contributed by atoms with E-state index in [0.717, 1.165) is 5.56 Å². The molecule has 78 valence electrons. The van der Waals surface area contributed by atoms with Crippen LogP contribution in [0.1, 0.15) is 11.5 Å². The van der Waals surface area contributed by atoms with Gasteiger partial charge in [-0.15, -0.1) is 0 Å². The second-order valence-corrected chi connectivity index (χ2v) is 3.70. The maximum Gasteiger partial charge on any atom is 0.177 e. The van der Waals surface area contributed by atoms with Crippen LogP contribution < -0.4 is 0 Å². The molecule has 1 aliphatic rings. The first-order chi connectivity index (χ1) is 7.31. The van der Waals surface area contributed by atoms with Crippen LogP contribution in [0.5, 0.6) is 0 Å². The minimum absolute atomic E-state index is 0.384. The lowest BCUT2D eigenvalue weighted by Crippen LogP contribution is -2.18. The molecule has 0 amide bonds. The van der Waals surface area contributed by atoms with E-state index in [4.69, 9.17) is 26.3 Å². The predicted octanol–water partition coefficient (Wildman–Crippen LogP) is 2.32. The number of benzene rings is 1. The maximum atomic E-state index is 9.07. The van der Waals surface area contributed by atoms with Gasteiger partial charge in [-0.3, -0.25) is 0 Å². The van der Waals surface area contributed by atoms with Gasteiger partial charge < -0.3 is 9.47 Å². The molecule has 0 aliphatic carbocycles. The first-order valence-corrected chi connectivity index (χ1v) is 5.07. The van der Waals surface area contributed by atoms with Gasteiger partial charge in [0.25, 0.3) is 0 Å². The van der Waals surface area contributed by atoms with Crippen molar-refractivity contribution in [2.24, 2.45) is 0 Å². The SMILES string of the molecule is N#CC(c1ccc(Cl)cc1)C1OCCO1. The average molecular weight is 224 g/mol. The summed E-state index contributed by atoms with van der Waals surface area (Å²) in [5.74, 6) is -0.384. The van der Waals surface area contributed by atoms with Crippen LogP contribution in [0.3, 0.4) is 0 Å². The van der Waals surface area contributed by atoms with E-state index in [1.165, 1.54) is 0 Å². The van der Waals surface area contributed by atoms with E-state index < -0.39 is 6.29 Å². The van der Waals surface area contributed by atoms with Crippen LogP contribution in [-0.2, 0) is 9.47 Å². The monoisotopic (exact) mass is 223 g/mol. The number of ether oxygens (including phenoxy) is 2. The Labute approximate surface area is 93.2 Å². The minimum atomic E-state index is -0.448. The number of rotatable bonds is 2. The average Bonchev–Trinajstić information content (AvgIpc) is 2.75. The summed E-state index contributed by atoms with van der Waals surface area (Å²) in [4.78, 5) is 0. The number of nitrogens with zero attached hydrogens (tertiary/aromatic N) is 1. The van der Waals surface area contributed by atoms with E-state index in [0.29, 0.717) is 18.2 Å². The third-order valence-electron chi connectivity index (χ3n) is 2.29. The fourth-order valence-electron chi connectivity index (χ4n) is 1.53. The molecule has 15 heavy (non-hydrogen) atoms. The van der Waals surface area contributed by atoms with Crippen molar-refractivity contribution in [2.45, 2.75) is 12.2 Å². The van der Waals surface area contributed by atoms with Gasteiger partial charge in [0.1, 0.15) is 5.92 Å². The Balaban J connectivity index is 2.19. The van der Waals surface area contributed by atoms with Gasteiger partial charge in [0.05, 0.1) is 19.3 Å². The highest BCUT2D eigenvalue weighted by atomic mass is 35.5. The van der Waals surface area contributed by atoms with Crippen molar-refractivity contribution in [3.05, 3.63) is 34.9 Å². The number of halogens is 1. The molecule has 1 unspecified atom stereocenters. The van der Waals surface area contributed by atoms with Crippen molar-refractivity contribution < 1.29 is 9.47 Å². The molecule has 1 heterocycles. The van der Waals surface area contributed by atoms with Gasteiger partial charge in [-0.25, -0.2) is 0 Å². The molecule has 3 nitrogen and oxygen atoms in total. The molecular formula is C11H10ClNO2. The molecule has 0 bridgehead atoms. The first-order valence-electron chi connectivity index (χ1n) is 4.69. The molecule has 2 rings (SSSR count). The maximum absolute atomic E-state index is 9.07. The Morgan fingerprint density at radius 2 is 1.87 bits per heavy atom. The predicted molar refractivity (Wildman–Crippen MR) is 55.5 cm³/mol. The van der Waals surface area contributed by atoms with Crippen LogP contribution in [0.4, 0.5) is 0 Å². The van der Waals surface area contributed by atoms with Crippen molar-refractivity contribution >= 4 is 11.6 Å². The summed E-state index contributed by atoms with van der Waals surface area (Å²) in [6.45, 7) is 1.10. The van der Waals surface area contributed by atoms with Crippen molar-refractivity contribution in [1.82, 2.24) is 0 Å². The van der Waals surface area contributed by atoms with Gasteiger partial charge in [0, 0.05) is 5.02 Å². The number of hydrogen-bond acceptors (Lipinski definition) is 3. The lowest BCUT2D eigenvalue weighted by Gasteiger charge is -2.15. The fourth-order valence-corrected chi connectivity index (χ4v) is 1.66. The van der Waals surface area contributed by atoms with E-state index in [1.807, 2.05) is 12.1 Å². The third kappa shape index (κ3) is 2.29. The van der Waals surface area contributed by atoms with Crippen LogP contribution in [0, 0.1) is 11.3 Å². The van der Waals surface area contributed by atoms with Crippen molar-refractivity contribution in [3.63, 3.8) is 0 Å². The van der Waals surface area contributed by atoms with Gasteiger partial charge in [-0.1, -0.05) is 23.7 Å². The van der Waals surface area contributed by atoms with E-state index >= 15 is 0 Å². The highest BCUT2D eigenvalue weighted by molar-refractivity contribution is 6.30. The highest BCUT2D eigenvalue weighted by Gasteiger charge is 2.28. The zero-order chi connectivity index (χ0) is 10.7. The van der Waals surface area contributed by atoms with Crippen molar-refractivity contribution in [2.75, 3.05) is 13.2 Å². The first kappa shape index (κ1) is 10.4. The highest BCUT2D eigenvalue weighted by Crippen LogP contribution is 2.25. The molecule has 0 aromatic heterocycles. The second-order valence-electron chi connectivity index (χ2n) is 3.27. The molecule has 1 aliphatic heterocycles. The molecule has 0 N–H and O–H groups in total.